The van der Waals surface area contributed by atoms with Crippen LogP contribution in [0.3, 0.4) is 0 Å². The SMILES string of the molecule is O=C(Nc1ccc(-c2nnc3n2CCCC3)cc1)Nc1cccc(F)c1. The van der Waals surface area contributed by atoms with Crippen molar-refractivity contribution in [3.63, 3.8) is 0 Å². The van der Waals surface area contributed by atoms with Crippen molar-refractivity contribution in [2.45, 2.75) is 25.8 Å². The molecule has 0 radical (unpaired) electrons. The molecule has 0 bridgehead atoms. The van der Waals surface area contributed by atoms with Crippen LogP contribution in [0, 0.1) is 5.82 Å². The van der Waals surface area contributed by atoms with Gasteiger partial charge in [0.05, 0.1) is 0 Å². The van der Waals surface area contributed by atoms with E-state index in [1.807, 2.05) is 24.3 Å². The van der Waals surface area contributed by atoms with Gasteiger partial charge >= 0.3 is 6.03 Å². The summed E-state index contributed by atoms with van der Waals surface area (Å²) in [4.78, 5) is 12.0. The van der Waals surface area contributed by atoms with E-state index in [-0.39, 0.29) is 0 Å². The van der Waals surface area contributed by atoms with E-state index in [9.17, 15) is 9.18 Å². The molecule has 3 aromatic rings. The van der Waals surface area contributed by atoms with E-state index >= 15 is 0 Å². The lowest BCUT2D eigenvalue weighted by atomic mass is 10.1. The minimum Gasteiger partial charge on any atom is -0.311 e. The van der Waals surface area contributed by atoms with E-state index < -0.39 is 11.8 Å². The van der Waals surface area contributed by atoms with Crippen LogP contribution in [0.4, 0.5) is 20.6 Å². The number of carbonyl (C=O) groups excluding carboxylic acids is 1. The monoisotopic (exact) mass is 351 g/mol. The largest absolute Gasteiger partial charge is 0.323 e. The Kier molecular flexibility index (Phi) is 4.35. The zero-order valence-electron chi connectivity index (χ0n) is 14.1. The van der Waals surface area contributed by atoms with E-state index in [1.165, 1.54) is 12.1 Å². The van der Waals surface area contributed by atoms with Crippen LogP contribution in [-0.4, -0.2) is 20.8 Å². The number of anilines is 2. The van der Waals surface area contributed by atoms with E-state index in [1.54, 1.807) is 12.1 Å². The number of urea groups is 1. The second-order valence-electron chi connectivity index (χ2n) is 6.22. The van der Waals surface area contributed by atoms with Gasteiger partial charge in [0.2, 0.25) is 0 Å². The van der Waals surface area contributed by atoms with Gasteiger partial charge in [-0.2, -0.15) is 0 Å². The fourth-order valence-corrected chi connectivity index (χ4v) is 3.08. The lowest BCUT2D eigenvalue weighted by Crippen LogP contribution is -2.19. The van der Waals surface area contributed by atoms with Crippen LogP contribution >= 0.6 is 0 Å². The summed E-state index contributed by atoms with van der Waals surface area (Å²) in [5, 5.41) is 13.9. The normalized spacial score (nSPS) is 13.1. The molecule has 1 aliphatic heterocycles. The average molecular weight is 351 g/mol. The maximum atomic E-state index is 13.2. The minimum absolute atomic E-state index is 0.397. The Hall–Kier alpha value is -3.22. The van der Waals surface area contributed by atoms with Crippen molar-refractivity contribution >= 4 is 17.4 Å². The summed E-state index contributed by atoms with van der Waals surface area (Å²) < 4.78 is 15.3. The summed E-state index contributed by atoms with van der Waals surface area (Å²) in [7, 11) is 0. The predicted octanol–water partition coefficient (Wildman–Crippen LogP) is 4.06. The summed E-state index contributed by atoms with van der Waals surface area (Å²) in [5.74, 6) is 1.49. The first-order chi connectivity index (χ1) is 12.7. The Bertz CT molecular complexity index is 935. The molecule has 2 aromatic carbocycles. The molecule has 7 heteroatoms. The lowest BCUT2D eigenvalue weighted by Gasteiger charge is -2.14. The van der Waals surface area contributed by atoms with Crippen LogP contribution in [0.5, 0.6) is 0 Å². The summed E-state index contributed by atoms with van der Waals surface area (Å²) in [5.41, 5.74) is 2.00. The zero-order valence-corrected chi connectivity index (χ0v) is 14.1. The van der Waals surface area contributed by atoms with Gasteiger partial charge in [0.15, 0.2) is 5.82 Å². The molecule has 2 amide bonds. The van der Waals surface area contributed by atoms with Crippen molar-refractivity contribution in [3.8, 4) is 11.4 Å². The molecule has 2 N–H and O–H groups in total. The number of carbonyl (C=O) groups is 1. The van der Waals surface area contributed by atoms with Gasteiger partial charge in [-0.15, -0.1) is 10.2 Å². The molecule has 0 saturated heterocycles. The molecule has 1 aliphatic rings. The maximum Gasteiger partial charge on any atom is 0.323 e. The predicted molar refractivity (Wildman–Crippen MR) is 97.4 cm³/mol. The lowest BCUT2D eigenvalue weighted by molar-refractivity contribution is 0.262. The standard InChI is InChI=1S/C19H18FN5O/c20-14-4-3-5-16(12-14)22-19(26)21-15-9-7-13(8-10-15)18-24-23-17-6-1-2-11-25(17)18/h3-5,7-10,12H,1-2,6,11H2,(H2,21,22,26). The van der Waals surface area contributed by atoms with Crippen molar-refractivity contribution < 1.29 is 9.18 Å². The summed E-state index contributed by atoms with van der Waals surface area (Å²) in [6.07, 6.45) is 3.26. The third-order valence-electron chi connectivity index (χ3n) is 4.34. The van der Waals surface area contributed by atoms with Crippen LogP contribution in [-0.2, 0) is 13.0 Å². The number of aryl methyl sites for hydroxylation is 1. The van der Waals surface area contributed by atoms with Gasteiger partial charge in [0.25, 0.3) is 0 Å². The summed E-state index contributed by atoms with van der Waals surface area (Å²) >= 11 is 0. The molecule has 26 heavy (non-hydrogen) atoms. The first-order valence-electron chi connectivity index (χ1n) is 8.55. The van der Waals surface area contributed by atoms with Crippen molar-refractivity contribution in [2.24, 2.45) is 0 Å². The number of nitrogens with one attached hydrogen (secondary N) is 2. The molecular formula is C19H18FN5O. The molecule has 2 heterocycles. The molecule has 0 unspecified atom stereocenters. The second-order valence-corrected chi connectivity index (χ2v) is 6.22. The van der Waals surface area contributed by atoms with E-state index in [0.717, 1.165) is 43.0 Å². The van der Waals surface area contributed by atoms with Crippen molar-refractivity contribution in [1.82, 2.24) is 14.8 Å². The number of halogens is 1. The number of rotatable bonds is 3. The molecule has 0 atom stereocenters. The number of benzene rings is 2. The van der Waals surface area contributed by atoms with E-state index in [4.69, 9.17) is 0 Å². The second kappa shape index (κ2) is 6.95. The molecule has 0 spiro atoms. The van der Waals surface area contributed by atoms with Crippen LogP contribution < -0.4 is 10.6 Å². The number of aromatic nitrogens is 3. The third-order valence-corrected chi connectivity index (χ3v) is 4.34. The fourth-order valence-electron chi connectivity index (χ4n) is 3.08. The van der Waals surface area contributed by atoms with E-state index in [2.05, 4.69) is 25.4 Å². The Balaban J connectivity index is 1.44. The molecular weight excluding hydrogens is 333 g/mol. The van der Waals surface area contributed by atoms with Gasteiger partial charge in [-0.05, 0) is 55.3 Å². The smallest absolute Gasteiger partial charge is 0.311 e. The first-order valence-corrected chi connectivity index (χ1v) is 8.55. The van der Waals surface area contributed by atoms with E-state index in [0.29, 0.717) is 11.4 Å². The van der Waals surface area contributed by atoms with Gasteiger partial charge in [-0.25, -0.2) is 9.18 Å². The highest BCUT2D eigenvalue weighted by molar-refractivity contribution is 5.99. The molecule has 0 fully saturated rings. The zero-order chi connectivity index (χ0) is 17.9. The van der Waals surface area contributed by atoms with Gasteiger partial charge in [-0.3, -0.25) is 0 Å². The van der Waals surface area contributed by atoms with Gasteiger partial charge in [0, 0.05) is 29.9 Å². The Morgan fingerprint density at radius 3 is 2.62 bits per heavy atom. The molecule has 1 aromatic heterocycles. The topological polar surface area (TPSA) is 71.8 Å². The first kappa shape index (κ1) is 16.3. The average Bonchev–Trinajstić information content (AvgIpc) is 3.06. The highest BCUT2D eigenvalue weighted by atomic mass is 19.1. The number of hydrogen-bond donors (Lipinski definition) is 2. The summed E-state index contributed by atoms with van der Waals surface area (Å²) in [6, 6.07) is 12.8. The van der Waals surface area contributed by atoms with Gasteiger partial charge in [-0.1, -0.05) is 6.07 Å². The number of amides is 2. The number of fused-ring (bicyclic) bond motifs is 1. The Morgan fingerprint density at radius 1 is 1.00 bits per heavy atom. The highest BCUT2D eigenvalue weighted by Crippen LogP contribution is 2.24. The molecule has 6 nitrogen and oxygen atoms in total. The van der Waals surface area contributed by atoms with Crippen molar-refractivity contribution in [3.05, 3.63) is 60.2 Å². The third kappa shape index (κ3) is 3.42. The molecule has 0 aliphatic carbocycles. The molecule has 132 valence electrons. The summed E-state index contributed by atoms with van der Waals surface area (Å²) in [6.45, 7) is 0.938. The van der Waals surface area contributed by atoms with Crippen molar-refractivity contribution in [2.75, 3.05) is 10.6 Å². The van der Waals surface area contributed by atoms with Crippen LogP contribution in [0.2, 0.25) is 0 Å². The van der Waals surface area contributed by atoms with Crippen molar-refractivity contribution in [1.29, 1.82) is 0 Å². The molecule has 0 saturated carbocycles. The Labute approximate surface area is 150 Å². The fraction of sp³-hybridized carbons (Fsp3) is 0.211. The number of nitrogens with zero attached hydrogens (tertiary/aromatic N) is 3. The highest BCUT2D eigenvalue weighted by Gasteiger charge is 2.16. The minimum atomic E-state index is -0.428. The number of hydrogen-bond acceptors (Lipinski definition) is 3. The van der Waals surface area contributed by atoms with Gasteiger partial charge < -0.3 is 15.2 Å². The quantitative estimate of drug-likeness (QED) is 0.747. The van der Waals surface area contributed by atoms with Gasteiger partial charge in [0.1, 0.15) is 11.6 Å². The van der Waals surface area contributed by atoms with Crippen LogP contribution in [0.15, 0.2) is 48.5 Å². The maximum absolute atomic E-state index is 13.2. The van der Waals surface area contributed by atoms with Crippen LogP contribution in [0.1, 0.15) is 18.7 Å². The Morgan fingerprint density at radius 2 is 1.81 bits per heavy atom. The van der Waals surface area contributed by atoms with Crippen LogP contribution in [0.25, 0.3) is 11.4 Å². The molecule has 4 rings (SSSR count).